The van der Waals surface area contributed by atoms with Gasteiger partial charge in [-0.1, -0.05) is 60.7 Å². The van der Waals surface area contributed by atoms with Gasteiger partial charge in [-0.3, -0.25) is 33.6 Å². The van der Waals surface area contributed by atoms with Crippen molar-refractivity contribution in [3.05, 3.63) is 102 Å². The molecule has 0 aliphatic rings. The number of fused-ring (bicyclic) bond motifs is 1. The van der Waals surface area contributed by atoms with Crippen LogP contribution >= 0.6 is 23.5 Å². The van der Waals surface area contributed by atoms with E-state index in [4.69, 9.17) is 0 Å². The molecule has 6 atom stereocenters. The number of aliphatic hydroxyl groups excluding tert-OH is 1. The number of para-hydroxylation sites is 1. The highest BCUT2D eigenvalue weighted by Crippen LogP contribution is 2.20. The Hall–Kier alpha value is -6.58. The molecule has 67 heavy (non-hydrogen) atoms. The summed E-state index contributed by atoms with van der Waals surface area (Å²) in [6, 6.07) is 14.2. The van der Waals surface area contributed by atoms with E-state index in [0.29, 0.717) is 28.2 Å². The molecule has 7 amide bonds. The first-order chi connectivity index (χ1) is 32.1. The van der Waals surface area contributed by atoms with Gasteiger partial charge in [-0.2, -0.15) is 23.5 Å². The van der Waals surface area contributed by atoms with Gasteiger partial charge in [0.2, 0.25) is 41.4 Å². The predicted molar refractivity (Wildman–Crippen MR) is 255 cm³/mol. The number of thioether (sulfide) groups is 2. The molecule has 1 aromatic heterocycles. The van der Waals surface area contributed by atoms with Gasteiger partial charge in [-0.05, 0) is 71.7 Å². The first-order valence-corrected chi connectivity index (χ1v) is 24.1. The van der Waals surface area contributed by atoms with E-state index >= 15 is 0 Å². The number of nitrogens with one attached hydrogen (secondary N) is 8. The van der Waals surface area contributed by atoms with Gasteiger partial charge in [0.15, 0.2) is 0 Å². The van der Waals surface area contributed by atoms with Crippen molar-refractivity contribution in [2.75, 3.05) is 37.2 Å². The Morgan fingerprint density at radius 3 is 1.69 bits per heavy atom. The van der Waals surface area contributed by atoms with Crippen molar-refractivity contribution in [3.63, 3.8) is 0 Å². The SMILES string of the molecule is CSCCC(NC(=O)C(Cc1ccc(O)cc1)NC(C)=O)C(=O)NCC(=O)NC(Cc1c[nH]c2ccccc12)C(=O)NC(CCSC)C(=O)NC(CO)C(=O)NC(Cc1ccccc1)C(=O)O. The van der Waals surface area contributed by atoms with Gasteiger partial charge in [0.1, 0.15) is 42.0 Å². The van der Waals surface area contributed by atoms with E-state index < -0.39 is 96.7 Å². The Morgan fingerprint density at radius 1 is 0.582 bits per heavy atom. The fourth-order valence-corrected chi connectivity index (χ4v) is 7.87. The first kappa shape index (κ1) is 53.0. The average Bonchev–Trinajstić information content (AvgIpc) is 3.72. The highest BCUT2D eigenvalue weighted by Gasteiger charge is 2.32. The molecule has 21 heteroatoms. The predicted octanol–water partition coefficient (Wildman–Crippen LogP) is 0.529. The monoisotopic (exact) mass is 962 g/mol. The maximum absolute atomic E-state index is 14.2. The maximum atomic E-state index is 14.2. The van der Waals surface area contributed by atoms with Crippen molar-refractivity contribution in [1.29, 1.82) is 0 Å². The molecule has 360 valence electrons. The lowest BCUT2D eigenvalue weighted by Gasteiger charge is -2.26. The molecule has 4 rings (SSSR count). The molecule has 0 aliphatic heterocycles. The number of carbonyl (C=O) groups is 8. The minimum Gasteiger partial charge on any atom is -0.508 e. The van der Waals surface area contributed by atoms with Gasteiger partial charge < -0.3 is 57.5 Å². The number of amides is 7. The second-order valence-corrected chi connectivity index (χ2v) is 17.5. The molecule has 6 unspecified atom stereocenters. The van der Waals surface area contributed by atoms with Gasteiger partial charge in [0.25, 0.3) is 0 Å². The highest BCUT2D eigenvalue weighted by molar-refractivity contribution is 7.98. The van der Waals surface area contributed by atoms with Gasteiger partial charge in [0, 0.05) is 43.3 Å². The largest absolute Gasteiger partial charge is 0.508 e. The average molecular weight is 963 g/mol. The van der Waals surface area contributed by atoms with E-state index in [9.17, 15) is 53.7 Å². The van der Waals surface area contributed by atoms with Crippen LogP contribution in [0.4, 0.5) is 0 Å². The molecular weight excluding hydrogens is 905 g/mol. The molecule has 1 heterocycles. The van der Waals surface area contributed by atoms with Crippen LogP contribution in [0.25, 0.3) is 10.9 Å². The van der Waals surface area contributed by atoms with Crippen LogP contribution in [-0.4, -0.2) is 141 Å². The molecular formula is C46H58N8O11S2. The van der Waals surface area contributed by atoms with Crippen molar-refractivity contribution >= 4 is 81.7 Å². The Balaban J connectivity index is 1.48. The maximum Gasteiger partial charge on any atom is 0.326 e. The number of phenols is 1. The van der Waals surface area contributed by atoms with Crippen molar-refractivity contribution in [2.24, 2.45) is 0 Å². The van der Waals surface area contributed by atoms with Crippen LogP contribution in [0, 0.1) is 0 Å². The van der Waals surface area contributed by atoms with E-state index in [1.165, 1.54) is 42.6 Å². The normalized spacial score (nSPS) is 13.7. The lowest BCUT2D eigenvalue weighted by Crippen LogP contribution is -2.59. The molecule has 19 nitrogen and oxygen atoms in total. The number of aliphatic carboxylic acids is 1. The molecule has 0 spiro atoms. The summed E-state index contributed by atoms with van der Waals surface area (Å²) in [5.41, 5.74) is 2.68. The van der Waals surface area contributed by atoms with Gasteiger partial charge in [-0.25, -0.2) is 4.79 Å². The fourth-order valence-electron chi connectivity index (χ4n) is 6.93. The number of aromatic amines is 1. The van der Waals surface area contributed by atoms with Crippen molar-refractivity contribution in [2.45, 2.75) is 75.3 Å². The molecule has 4 aromatic rings. The fraction of sp³-hybridized carbons (Fsp3) is 0.391. The van der Waals surface area contributed by atoms with Gasteiger partial charge in [-0.15, -0.1) is 0 Å². The Bertz CT molecular complexity index is 2320. The molecule has 3 aromatic carbocycles. The van der Waals surface area contributed by atoms with Gasteiger partial charge >= 0.3 is 5.97 Å². The number of aliphatic hydroxyl groups is 1. The molecule has 0 aliphatic carbocycles. The summed E-state index contributed by atoms with van der Waals surface area (Å²) in [6.45, 7) is -0.252. The molecule has 11 N–H and O–H groups in total. The van der Waals surface area contributed by atoms with Crippen LogP contribution in [-0.2, 0) is 57.6 Å². The standard InChI is InChI=1S/C46H58N8O11S2/c1-27(56)49-36(21-29-13-15-31(57)16-14-29)43(61)51-34(17-19-66-2)41(59)48-25-40(58)50-37(23-30-24-47-33-12-8-7-11-32(30)33)44(62)52-35(18-20-67-3)42(60)54-39(26-55)45(63)53-38(46(64)65)22-28-9-5-4-6-10-28/h4-16,24,34-39,47,55,57H,17-23,25-26H2,1-3H3,(H,48,59)(H,49,56)(H,50,58)(H,51,61)(H,52,62)(H,53,63)(H,54,60)(H,64,65). The minimum absolute atomic E-state index is 0.0231. The number of rotatable bonds is 27. The molecule has 0 saturated carbocycles. The van der Waals surface area contributed by atoms with E-state index in [1.54, 1.807) is 61.0 Å². The second-order valence-electron chi connectivity index (χ2n) is 15.5. The van der Waals surface area contributed by atoms with Crippen molar-refractivity contribution in [1.82, 2.24) is 42.2 Å². The summed E-state index contributed by atoms with van der Waals surface area (Å²) in [4.78, 5) is 109. The first-order valence-electron chi connectivity index (χ1n) is 21.4. The number of benzene rings is 3. The summed E-state index contributed by atoms with van der Waals surface area (Å²) in [5, 5.41) is 48.3. The smallest absolute Gasteiger partial charge is 0.326 e. The van der Waals surface area contributed by atoms with Crippen LogP contribution in [0.15, 0.2) is 85.1 Å². The Kier molecular flexibility index (Phi) is 21.5. The zero-order valence-corrected chi connectivity index (χ0v) is 39.0. The van der Waals surface area contributed by atoms with E-state index in [2.05, 4.69) is 42.2 Å². The lowest BCUT2D eigenvalue weighted by molar-refractivity contribution is -0.142. The van der Waals surface area contributed by atoms with Gasteiger partial charge in [0.05, 0.1) is 13.2 Å². The van der Waals surface area contributed by atoms with E-state index in [1.807, 2.05) is 24.5 Å². The van der Waals surface area contributed by atoms with Crippen LogP contribution in [0.3, 0.4) is 0 Å². The number of phenolic OH excluding ortho intramolecular Hbond substituents is 1. The molecule has 0 saturated heterocycles. The third-order valence-electron chi connectivity index (χ3n) is 10.4. The highest BCUT2D eigenvalue weighted by atomic mass is 32.2. The summed E-state index contributed by atoms with van der Waals surface area (Å²) >= 11 is 2.79. The summed E-state index contributed by atoms with van der Waals surface area (Å²) in [6.07, 6.45) is 5.44. The number of hydrogen-bond acceptors (Lipinski definition) is 12. The Labute approximate surface area is 396 Å². The number of carbonyl (C=O) groups excluding carboxylic acids is 7. The zero-order valence-electron chi connectivity index (χ0n) is 37.3. The number of aromatic hydroxyl groups is 1. The summed E-state index contributed by atoms with van der Waals surface area (Å²) in [7, 11) is 0. The third-order valence-corrected chi connectivity index (χ3v) is 11.7. The summed E-state index contributed by atoms with van der Waals surface area (Å²) in [5.74, 6) is -5.69. The summed E-state index contributed by atoms with van der Waals surface area (Å²) < 4.78 is 0. The number of hydrogen-bond donors (Lipinski definition) is 11. The quantitative estimate of drug-likeness (QED) is 0.0390. The number of aromatic nitrogens is 1. The second kappa shape index (κ2) is 27.2. The number of carboxylic acids is 1. The lowest BCUT2D eigenvalue weighted by atomic mass is 10.0. The molecule has 0 radical (unpaired) electrons. The number of carboxylic acid groups (broad SMARTS) is 1. The van der Waals surface area contributed by atoms with Crippen LogP contribution in [0.5, 0.6) is 5.75 Å². The van der Waals surface area contributed by atoms with E-state index in [-0.39, 0.29) is 37.9 Å². The Morgan fingerprint density at radius 2 is 1.09 bits per heavy atom. The van der Waals surface area contributed by atoms with Crippen LogP contribution < -0.4 is 37.2 Å². The third kappa shape index (κ3) is 17.3. The van der Waals surface area contributed by atoms with E-state index in [0.717, 1.165) is 10.9 Å². The zero-order chi connectivity index (χ0) is 48.9. The van der Waals surface area contributed by atoms with Crippen molar-refractivity contribution in [3.8, 4) is 5.75 Å². The number of H-pyrrole nitrogens is 1. The van der Waals surface area contributed by atoms with Crippen LogP contribution in [0.2, 0.25) is 0 Å². The topological polar surface area (TPSA) is 297 Å². The minimum atomic E-state index is -1.58. The van der Waals surface area contributed by atoms with Crippen molar-refractivity contribution < 1.29 is 53.7 Å². The van der Waals surface area contributed by atoms with Crippen LogP contribution in [0.1, 0.15) is 36.5 Å². The molecule has 0 bridgehead atoms. The molecule has 0 fully saturated rings.